The number of hydrogen-bond acceptors (Lipinski definition) is 10. The molecular formula is C40H41ClN6O5. The van der Waals surface area contributed by atoms with Crippen LogP contribution in [0.4, 0.5) is 11.5 Å². The van der Waals surface area contributed by atoms with Crippen LogP contribution in [0.1, 0.15) is 47.6 Å². The van der Waals surface area contributed by atoms with Crippen molar-refractivity contribution in [2.75, 3.05) is 38.6 Å². The molecule has 12 heteroatoms. The highest BCUT2D eigenvalue weighted by Crippen LogP contribution is 2.44. The largest absolute Gasteiger partial charge is 0.481 e. The summed E-state index contributed by atoms with van der Waals surface area (Å²) < 4.78 is 12.1. The SMILES string of the molecule is COc1nc(O[C@@H]2CCc3c(-c4cccc(Nc5nccc6cc(CN7CC[C@@H](O)C7)cnc56)c4Cl)cccc32)ccc1CN1CC[C@@H](C(=O)O)C1. The van der Waals surface area contributed by atoms with Gasteiger partial charge in [0.15, 0.2) is 5.82 Å². The zero-order valence-corrected chi connectivity index (χ0v) is 29.7. The van der Waals surface area contributed by atoms with E-state index in [1.165, 1.54) is 5.56 Å². The van der Waals surface area contributed by atoms with Crippen molar-refractivity contribution in [1.29, 1.82) is 0 Å². The lowest BCUT2D eigenvalue weighted by Gasteiger charge is -2.19. The van der Waals surface area contributed by atoms with E-state index in [0.29, 0.717) is 48.7 Å². The molecule has 5 heterocycles. The van der Waals surface area contributed by atoms with Gasteiger partial charge >= 0.3 is 5.97 Å². The van der Waals surface area contributed by atoms with Crippen LogP contribution < -0.4 is 14.8 Å². The fraction of sp³-hybridized carbons (Fsp3) is 0.350. The topological polar surface area (TPSA) is 133 Å². The van der Waals surface area contributed by atoms with E-state index in [9.17, 15) is 15.0 Å². The van der Waals surface area contributed by atoms with E-state index in [2.05, 4.69) is 43.3 Å². The van der Waals surface area contributed by atoms with Gasteiger partial charge in [-0.3, -0.25) is 19.6 Å². The molecule has 0 spiro atoms. The van der Waals surface area contributed by atoms with Gasteiger partial charge in [0.05, 0.1) is 29.8 Å². The molecule has 0 saturated carbocycles. The Labute approximate surface area is 307 Å². The van der Waals surface area contributed by atoms with Crippen LogP contribution >= 0.6 is 11.6 Å². The number of methoxy groups -OCH3 is 1. The predicted octanol–water partition coefficient (Wildman–Crippen LogP) is 6.64. The molecule has 268 valence electrons. The minimum absolute atomic E-state index is 0.181. The number of pyridine rings is 3. The number of ether oxygens (including phenoxy) is 2. The van der Waals surface area contributed by atoms with Gasteiger partial charge in [0, 0.05) is 67.7 Å². The molecule has 2 saturated heterocycles. The van der Waals surface area contributed by atoms with Gasteiger partial charge in [0.25, 0.3) is 0 Å². The lowest BCUT2D eigenvalue weighted by molar-refractivity contribution is -0.141. The summed E-state index contributed by atoms with van der Waals surface area (Å²) in [6.45, 7) is 4.14. The number of anilines is 2. The molecule has 0 bridgehead atoms. The Morgan fingerprint density at radius 3 is 2.62 bits per heavy atom. The number of hydrogen-bond donors (Lipinski definition) is 3. The van der Waals surface area contributed by atoms with Crippen molar-refractivity contribution in [1.82, 2.24) is 24.8 Å². The van der Waals surface area contributed by atoms with Crippen LogP contribution in [0.15, 0.2) is 73.1 Å². The molecule has 52 heavy (non-hydrogen) atoms. The number of nitrogens with zero attached hydrogens (tertiary/aromatic N) is 5. The Kier molecular flexibility index (Phi) is 9.67. The van der Waals surface area contributed by atoms with Crippen LogP contribution in [0.3, 0.4) is 0 Å². The number of likely N-dealkylation sites (tertiary alicyclic amines) is 2. The van der Waals surface area contributed by atoms with Crippen molar-refractivity contribution in [3.05, 3.63) is 100 Å². The average molecular weight is 721 g/mol. The highest BCUT2D eigenvalue weighted by molar-refractivity contribution is 6.36. The third-order valence-corrected chi connectivity index (χ3v) is 10.9. The van der Waals surface area contributed by atoms with Crippen molar-refractivity contribution >= 4 is 40.0 Å². The third kappa shape index (κ3) is 7.01. The lowest BCUT2D eigenvalue weighted by atomic mass is 9.96. The van der Waals surface area contributed by atoms with Gasteiger partial charge < -0.3 is 25.0 Å². The van der Waals surface area contributed by atoms with Crippen LogP contribution in [0.2, 0.25) is 5.02 Å². The number of fused-ring (bicyclic) bond motifs is 2. The number of benzene rings is 2. The second-order valence-corrected chi connectivity index (χ2v) is 14.3. The molecule has 2 aromatic carbocycles. The van der Waals surface area contributed by atoms with Crippen molar-refractivity contribution < 1.29 is 24.5 Å². The highest BCUT2D eigenvalue weighted by atomic mass is 35.5. The van der Waals surface area contributed by atoms with Crippen molar-refractivity contribution in [3.8, 4) is 22.9 Å². The predicted molar refractivity (Wildman–Crippen MR) is 199 cm³/mol. The number of carboxylic acid groups (broad SMARTS) is 1. The van der Waals surface area contributed by atoms with Crippen molar-refractivity contribution in [2.24, 2.45) is 5.92 Å². The second-order valence-electron chi connectivity index (χ2n) is 13.9. The summed E-state index contributed by atoms with van der Waals surface area (Å²) in [5.74, 6) is 0.515. The summed E-state index contributed by atoms with van der Waals surface area (Å²) in [5, 5.41) is 24.3. The Bertz CT molecular complexity index is 2130. The maximum atomic E-state index is 11.4. The first kappa shape index (κ1) is 34.3. The van der Waals surface area contributed by atoms with Crippen LogP contribution in [0.25, 0.3) is 22.0 Å². The molecule has 3 atom stereocenters. The van der Waals surface area contributed by atoms with Gasteiger partial charge in [-0.25, -0.2) is 4.98 Å². The van der Waals surface area contributed by atoms with Gasteiger partial charge in [-0.05, 0) is 78.7 Å². The third-order valence-electron chi connectivity index (χ3n) is 10.5. The number of carbonyl (C=O) groups is 1. The molecular weight excluding hydrogens is 680 g/mol. The first-order valence-electron chi connectivity index (χ1n) is 17.8. The summed E-state index contributed by atoms with van der Waals surface area (Å²) in [6.07, 6.45) is 6.30. The number of aromatic nitrogens is 3. The Morgan fingerprint density at radius 1 is 0.981 bits per heavy atom. The smallest absolute Gasteiger partial charge is 0.307 e. The van der Waals surface area contributed by atoms with Gasteiger partial charge in [-0.15, -0.1) is 0 Å². The Hall–Kier alpha value is -4.81. The van der Waals surface area contributed by atoms with Crippen LogP contribution in [0.5, 0.6) is 11.8 Å². The fourth-order valence-electron chi connectivity index (χ4n) is 7.83. The van der Waals surface area contributed by atoms with E-state index < -0.39 is 5.97 Å². The maximum Gasteiger partial charge on any atom is 0.307 e. The Morgan fingerprint density at radius 2 is 1.81 bits per heavy atom. The molecule has 0 amide bonds. The standard InChI is InChI=1S/C40H41ClN6O5/c1-51-39-26(21-47-16-13-27(22-47)40(49)50)8-11-35(45-39)52-34-10-9-30-29(4-2-5-31(30)34)32-6-3-7-33(36(32)41)44-38-37-25(12-15-42-38)18-24(19-43-37)20-46-17-14-28(48)23-46/h2-8,11-12,15,18-19,27-28,34,48H,9-10,13-14,16-17,20-23H2,1H3,(H,42,44)(H,49,50)/t27-,28-,34-/m1/s1. The van der Waals surface area contributed by atoms with Gasteiger partial charge in [-0.1, -0.05) is 41.9 Å². The van der Waals surface area contributed by atoms with Crippen LogP contribution in [0, 0.1) is 5.92 Å². The van der Waals surface area contributed by atoms with Crippen molar-refractivity contribution in [3.63, 3.8) is 0 Å². The maximum absolute atomic E-state index is 11.4. The van der Waals surface area contributed by atoms with Gasteiger partial charge in [-0.2, -0.15) is 4.98 Å². The van der Waals surface area contributed by atoms with Crippen LogP contribution in [-0.2, 0) is 24.3 Å². The number of aliphatic hydroxyl groups is 1. The lowest BCUT2D eigenvalue weighted by Crippen LogP contribution is -2.23. The number of aliphatic carboxylic acids is 1. The first-order valence-corrected chi connectivity index (χ1v) is 18.2. The summed E-state index contributed by atoms with van der Waals surface area (Å²) in [6, 6.07) is 20.2. The first-order chi connectivity index (χ1) is 25.3. The molecule has 3 N–H and O–H groups in total. The number of aliphatic hydroxyl groups excluding tert-OH is 1. The van der Waals surface area contributed by atoms with E-state index in [4.69, 9.17) is 26.1 Å². The molecule has 3 aliphatic rings. The van der Waals surface area contributed by atoms with Crippen molar-refractivity contribution in [2.45, 2.75) is 51.0 Å². The fourth-order valence-corrected chi connectivity index (χ4v) is 8.11. The van der Waals surface area contributed by atoms with E-state index in [0.717, 1.165) is 83.3 Å². The minimum Gasteiger partial charge on any atom is -0.481 e. The monoisotopic (exact) mass is 720 g/mol. The molecule has 11 nitrogen and oxygen atoms in total. The zero-order valence-electron chi connectivity index (χ0n) is 29.0. The number of rotatable bonds is 11. The zero-order chi connectivity index (χ0) is 35.8. The molecule has 0 radical (unpaired) electrons. The van der Waals surface area contributed by atoms with E-state index in [1.807, 2.05) is 48.7 Å². The molecule has 5 aromatic rings. The number of β-amino-alcohol motifs (C(OH)–C–C–N with tert-alkyl or cyclic N) is 1. The second kappa shape index (κ2) is 14.7. The molecule has 2 aliphatic heterocycles. The molecule has 2 fully saturated rings. The van der Waals surface area contributed by atoms with E-state index >= 15 is 0 Å². The van der Waals surface area contributed by atoms with Gasteiger partial charge in [0.1, 0.15) is 11.6 Å². The number of nitrogens with one attached hydrogen (secondary N) is 1. The summed E-state index contributed by atoms with van der Waals surface area (Å²) in [7, 11) is 1.59. The van der Waals surface area contributed by atoms with Gasteiger partial charge in [0.2, 0.25) is 11.8 Å². The summed E-state index contributed by atoms with van der Waals surface area (Å²) in [4.78, 5) is 29.9. The molecule has 8 rings (SSSR count). The highest BCUT2D eigenvalue weighted by Gasteiger charge is 2.30. The minimum atomic E-state index is -0.746. The Balaban J connectivity index is 0.992. The molecule has 0 unspecified atom stereocenters. The van der Waals surface area contributed by atoms with E-state index in [1.54, 1.807) is 13.3 Å². The summed E-state index contributed by atoms with van der Waals surface area (Å²) in [5.41, 5.74) is 7.77. The number of halogens is 1. The normalized spacial score (nSPS) is 20.3. The van der Waals surface area contributed by atoms with Crippen LogP contribution in [-0.4, -0.2) is 80.3 Å². The van der Waals surface area contributed by atoms with E-state index in [-0.39, 0.29) is 18.1 Å². The molecule has 1 aliphatic carbocycles. The summed E-state index contributed by atoms with van der Waals surface area (Å²) >= 11 is 7.15. The molecule has 3 aromatic heterocycles. The average Bonchev–Trinajstić information content (AvgIpc) is 3.90. The quantitative estimate of drug-likeness (QED) is 0.136. The number of carboxylic acids is 1.